The lowest BCUT2D eigenvalue weighted by Gasteiger charge is -2.24. The smallest absolute Gasteiger partial charge is 0.0642 e. The topological polar surface area (TPSA) is 29.3 Å². The molecule has 0 aliphatic carbocycles. The van der Waals surface area contributed by atoms with Gasteiger partial charge in [-0.05, 0) is 37.1 Å². The van der Waals surface area contributed by atoms with Gasteiger partial charge in [-0.2, -0.15) is 0 Å². The van der Waals surface area contributed by atoms with E-state index >= 15 is 0 Å². The first-order valence-electron chi connectivity index (χ1n) is 6.86. The molecule has 0 saturated heterocycles. The van der Waals surface area contributed by atoms with Crippen LogP contribution < -0.4 is 10.6 Å². The number of rotatable bonds is 5. The first-order chi connectivity index (χ1) is 9.61. The van der Waals surface area contributed by atoms with Crippen LogP contribution in [0.2, 0.25) is 5.02 Å². The van der Waals surface area contributed by atoms with Crippen LogP contribution in [0.25, 0.3) is 0 Å². The molecular weight excluding hydrogens is 268 g/mol. The maximum Gasteiger partial charge on any atom is 0.0642 e. The molecule has 20 heavy (non-hydrogen) atoms. The van der Waals surface area contributed by atoms with E-state index in [2.05, 4.69) is 49.2 Å². The first-order valence-corrected chi connectivity index (χ1v) is 7.23. The molecule has 0 atom stereocenters. The van der Waals surface area contributed by atoms with Crippen molar-refractivity contribution in [3.05, 3.63) is 64.2 Å². The van der Waals surface area contributed by atoms with Crippen LogP contribution in [-0.4, -0.2) is 13.6 Å². The summed E-state index contributed by atoms with van der Waals surface area (Å²) >= 11 is 6.37. The molecule has 2 nitrogen and oxygen atoms in total. The number of halogens is 1. The Bertz CT molecular complexity index is 564. The zero-order valence-electron chi connectivity index (χ0n) is 12.1. The van der Waals surface area contributed by atoms with Gasteiger partial charge in [0.25, 0.3) is 0 Å². The van der Waals surface area contributed by atoms with Crippen LogP contribution in [0.3, 0.4) is 0 Å². The van der Waals surface area contributed by atoms with E-state index in [0.29, 0.717) is 6.54 Å². The van der Waals surface area contributed by atoms with Crippen LogP contribution in [-0.2, 0) is 13.0 Å². The molecule has 0 heterocycles. The van der Waals surface area contributed by atoms with Crippen LogP contribution in [0.5, 0.6) is 0 Å². The summed E-state index contributed by atoms with van der Waals surface area (Å²) in [6.07, 6.45) is 0.841. The van der Waals surface area contributed by atoms with Gasteiger partial charge in [-0.25, -0.2) is 0 Å². The minimum Gasteiger partial charge on any atom is -0.369 e. The Morgan fingerprint density at radius 2 is 1.80 bits per heavy atom. The number of aryl methyl sites for hydroxylation is 1. The lowest BCUT2D eigenvalue weighted by molar-refractivity contribution is 0.892. The molecule has 3 heteroatoms. The van der Waals surface area contributed by atoms with Crippen LogP contribution in [0.4, 0.5) is 5.69 Å². The summed E-state index contributed by atoms with van der Waals surface area (Å²) < 4.78 is 0. The molecule has 0 aliphatic rings. The second-order valence-electron chi connectivity index (χ2n) is 5.13. The average molecular weight is 289 g/mol. The monoisotopic (exact) mass is 288 g/mol. The van der Waals surface area contributed by atoms with Gasteiger partial charge in [-0.3, -0.25) is 0 Å². The number of hydrogen-bond donors (Lipinski definition) is 1. The minimum atomic E-state index is 0.631. The zero-order valence-corrected chi connectivity index (χ0v) is 12.8. The molecule has 0 bridgehead atoms. The van der Waals surface area contributed by atoms with E-state index in [4.69, 9.17) is 17.3 Å². The highest BCUT2D eigenvalue weighted by Gasteiger charge is 2.11. The van der Waals surface area contributed by atoms with E-state index in [1.807, 2.05) is 12.1 Å². The molecular formula is C17H21ClN2. The Morgan fingerprint density at radius 3 is 2.45 bits per heavy atom. The number of hydrogen-bond acceptors (Lipinski definition) is 2. The van der Waals surface area contributed by atoms with Crippen molar-refractivity contribution in [2.75, 3.05) is 18.5 Å². The predicted octanol–water partition coefficient (Wildman–Crippen LogP) is 3.79. The molecule has 0 unspecified atom stereocenters. The summed E-state index contributed by atoms with van der Waals surface area (Å²) in [5, 5.41) is 0.783. The van der Waals surface area contributed by atoms with Crippen molar-refractivity contribution in [2.45, 2.75) is 19.9 Å². The third-order valence-corrected chi connectivity index (χ3v) is 3.71. The van der Waals surface area contributed by atoms with E-state index < -0.39 is 0 Å². The Kier molecular flexibility index (Phi) is 5.05. The number of anilines is 1. The molecule has 2 aromatic carbocycles. The molecule has 2 aromatic rings. The minimum absolute atomic E-state index is 0.631. The van der Waals surface area contributed by atoms with Crippen molar-refractivity contribution in [3.8, 4) is 0 Å². The third kappa shape index (κ3) is 3.53. The van der Waals surface area contributed by atoms with Gasteiger partial charge in [0.1, 0.15) is 0 Å². The number of benzene rings is 2. The molecule has 0 amide bonds. The normalized spacial score (nSPS) is 10.6. The highest BCUT2D eigenvalue weighted by molar-refractivity contribution is 6.33. The number of nitrogens with two attached hydrogens (primary N) is 1. The fraction of sp³-hybridized carbons (Fsp3) is 0.294. The quantitative estimate of drug-likeness (QED) is 0.907. The summed E-state index contributed by atoms with van der Waals surface area (Å²) in [4.78, 5) is 2.19. The second kappa shape index (κ2) is 6.78. The molecule has 0 spiro atoms. The van der Waals surface area contributed by atoms with E-state index in [1.54, 1.807) is 0 Å². The highest BCUT2D eigenvalue weighted by atomic mass is 35.5. The van der Waals surface area contributed by atoms with Gasteiger partial charge >= 0.3 is 0 Å². The lowest BCUT2D eigenvalue weighted by atomic mass is 10.1. The van der Waals surface area contributed by atoms with Gasteiger partial charge in [0, 0.05) is 13.6 Å². The second-order valence-corrected chi connectivity index (χ2v) is 5.54. The summed E-state index contributed by atoms with van der Waals surface area (Å²) in [5.74, 6) is 0. The summed E-state index contributed by atoms with van der Waals surface area (Å²) in [6, 6.07) is 14.6. The number of para-hydroxylation sites is 1. The maximum absolute atomic E-state index is 6.37. The predicted molar refractivity (Wildman–Crippen MR) is 87.5 cm³/mol. The van der Waals surface area contributed by atoms with Crippen LogP contribution >= 0.6 is 11.6 Å². The van der Waals surface area contributed by atoms with E-state index in [0.717, 1.165) is 23.7 Å². The Morgan fingerprint density at radius 1 is 1.10 bits per heavy atom. The first kappa shape index (κ1) is 14.9. The van der Waals surface area contributed by atoms with Crippen molar-refractivity contribution in [2.24, 2.45) is 5.73 Å². The van der Waals surface area contributed by atoms with Crippen molar-refractivity contribution in [1.82, 2.24) is 0 Å². The maximum atomic E-state index is 6.37. The van der Waals surface area contributed by atoms with Gasteiger partial charge < -0.3 is 10.6 Å². The van der Waals surface area contributed by atoms with Crippen molar-refractivity contribution < 1.29 is 0 Å². The van der Waals surface area contributed by atoms with Crippen LogP contribution in [0.1, 0.15) is 16.7 Å². The molecule has 0 aromatic heterocycles. The highest BCUT2D eigenvalue weighted by Crippen LogP contribution is 2.30. The molecule has 0 radical (unpaired) electrons. The zero-order chi connectivity index (χ0) is 14.5. The van der Waals surface area contributed by atoms with Crippen molar-refractivity contribution >= 4 is 17.3 Å². The van der Waals surface area contributed by atoms with Gasteiger partial charge in [0.2, 0.25) is 0 Å². The van der Waals surface area contributed by atoms with Crippen LogP contribution in [0, 0.1) is 6.92 Å². The Balaban J connectivity index is 2.24. The molecule has 2 N–H and O–H groups in total. The standard InChI is InChI=1S/C17H21ClN2/c1-13-6-8-14(9-7-13)12-20(2)17-15(10-11-19)4-3-5-16(17)18/h3-9H,10-12,19H2,1-2H3. The molecule has 2 rings (SSSR count). The van der Waals surface area contributed by atoms with Crippen molar-refractivity contribution in [3.63, 3.8) is 0 Å². The molecule has 0 saturated carbocycles. The Labute approximate surface area is 126 Å². The van der Waals surface area contributed by atoms with Gasteiger partial charge in [-0.15, -0.1) is 0 Å². The molecule has 106 valence electrons. The fourth-order valence-electron chi connectivity index (χ4n) is 2.39. The summed E-state index contributed by atoms with van der Waals surface area (Å²) in [5.41, 5.74) is 10.5. The van der Waals surface area contributed by atoms with E-state index in [-0.39, 0.29) is 0 Å². The summed E-state index contributed by atoms with van der Waals surface area (Å²) in [6.45, 7) is 3.56. The van der Waals surface area contributed by atoms with Crippen molar-refractivity contribution in [1.29, 1.82) is 0 Å². The van der Waals surface area contributed by atoms with Gasteiger partial charge in [-0.1, -0.05) is 53.6 Å². The van der Waals surface area contributed by atoms with Gasteiger partial charge in [0.15, 0.2) is 0 Å². The Hall–Kier alpha value is -1.51. The lowest BCUT2D eigenvalue weighted by Crippen LogP contribution is -2.19. The average Bonchev–Trinajstić information content (AvgIpc) is 2.42. The third-order valence-electron chi connectivity index (χ3n) is 3.41. The SMILES string of the molecule is Cc1ccc(CN(C)c2c(Cl)cccc2CCN)cc1. The largest absolute Gasteiger partial charge is 0.369 e. The van der Waals surface area contributed by atoms with E-state index in [1.165, 1.54) is 16.7 Å². The summed E-state index contributed by atoms with van der Waals surface area (Å²) in [7, 11) is 2.07. The number of nitrogens with zero attached hydrogens (tertiary/aromatic N) is 1. The molecule has 0 aliphatic heterocycles. The van der Waals surface area contributed by atoms with Gasteiger partial charge in [0.05, 0.1) is 10.7 Å². The van der Waals surface area contributed by atoms with Crippen LogP contribution in [0.15, 0.2) is 42.5 Å². The fourth-order valence-corrected chi connectivity index (χ4v) is 2.73. The molecule has 0 fully saturated rings. The van der Waals surface area contributed by atoms with E-state index in [9.17, 15) is 0 Å².